The minimum atomic E-state index is -0.267. The Hall–Kier alpha value is -4.00. The summed E-state index contributed by atoms with van der Waals surface area (Å²) >= 11 is 0. The molecule has 0 aliphatic carbocycles. The van der Waals surface area contributed by atoms with Crippen molar-refractivity contribution in [3.8, 4) is 11.5 Å². The number of nitrogens with one attached hydrogen (secondary N) is 2. The van der Waals surface area contributed by atoms with Gasteiger partial charge >= 0.3 is 6.03 Å². The van der Waals surface area contributed by atoms with Gasteiger partial charge in [0.25, 0.3) is 0 Å². The Morgan fingerprint density at radius 2 is 1.56 bits per heavy atom. The Morgan fingerprint density at radius 3 is 2.19 bits per heavy atom. The molecule has 4 rings (SSSR count). The predicted octanol–water partition coefficient (Wildman–Crippen LogP) is 5.05. The summed E-state index contributed by atoms with van der Waals surface area (Å²) in [5.74, 6) is 1.25. The second kappa shape index (κ2) is 12.1. The molecule has 2 N–H and O–H groups in total. The molecule has 0 saturated carbocycles. The first-order chi connectivity index (χ1) is 17.6. The lowest BCUT2D eigenvalue weighted by Gasteiger charge is -2.33. The molecule has 1 aliphatic heterocycles. The summed E-state index contributed by atoms with van der Waals surface area (Å²) in [7, 11) is 3.28. The fourth-order valence-electron chi connectivity index (χ4n) is 4.47. The number of hydrogen-bond donors (Lipinski definition) is 2. The molecule has 1 saturated heterocycles. The molecule has 0 bridgehead atoms. The molecule has 0 spiro atoms. The molecule has 3 amide bonds. The van der Waals surface area contributed by atoms with Gasteiger partial charge in [0.1, 0.15) is 11.5 Å². The maximum Gasteiger partial charge on any atom is 0.321 e. The highest BCUT2D eigenvalue weighted by Gasteiger charge is 2.30. The third-order valence-corrected chi connectivity index (χ3v) is 6.54. The first-order valence-corrected chi connectivity index (χ1v) is 12.2. The summed E-state index contributed by atoms with van der Waals surface area (Å²) < 4.78 is 10.6. The smallest absolute Gasteiger partial charge is 0.321 e. The van der Waals surface area contributed by atoms with Gasteiger partial charge in [-0.3, -0.25) is 4.79 Å². The lowest BCUT2D eigenvalue weighted by Crippen LogP contribution is -2.47. The molecule has 0 unspecified atom stereocenters. The molecular weight excluding hydrogens is 454 g/mol. The lowest BCUT2D eigenvalue weighted by molar-refractivity contribution is -0.127. The largest absolute Gasteiger partial charge is 0.497 e. The van der Waals surface area contributed by atoms with Gasteiger partial charge in [0.05, 0.1) is 26.2 Å². The monoisotopic (exact) mass is 487 g/mol. The van der Waals surface area contributed by atoms with Crippen molar-refractivity contribution in [2.75, 3.05) is 32.6 Å². The van der Waals surface area contributed by atoms with Gasteiger partial charge in [-0.2, -0.15) is 0 Å². The standard InChI is InChI=1S/C29H33N3O4/c1-35-25-14-10-21(11-15-25)19-27(22-12-16-26(36-2)17-13-22)31-28(33)23-7-6-18-32(20-23)29(34)30-24-8-4-3-5-9-24/h3-5,8-17,23,27H,6-7,18-20H2,1-2H3,(H,30,34)(H,31,33)/t23-,27+/m1/s1. The van der Waals surface area contributed by atoms with Crippen molar-refractivity contribution < 1.29 is 19.1 Å². The van der Waals surface area contributed by atoms with E-state index in [1.54, 1.807) is 19.1 Å². The highest BCUT2D eigenvalue weighted by atomic mass is 16.5. The van der Waals surface area contributed by atoms with Crippen LogP contribution in [0.2, 0.25) is 0 Å². The van der Waals surface area contributed by atoms with E-state index in [0.29, 0.717) is 19.5 Å². The van der Waals surface area contributed by atoms with Crippen LogP contribution in [0.15, 0.2) is 78.9 Å². The summed E-state index contributed by atoms with van der Waals surface area (Å²) in [6.45, 7) is 1.03. The van der Waals surface area contributed by atoms with E-state index < -0.39 is 0 Å². The molecule has 0 radical (unpaired) electrons. The molecule has 7 heteroatoms. The molecule has 3 aromatic rings. The van der Waals surface area contributed by atoms with Crippen LogP contribution in [-0.2, 0) is 11.2 Å². The number of anilines is 1. The van der Waals surface area contributed by atoms with Crippen molar-refractivity contribution >= 4 is 17.6 Å². The Labute approximate surface area is 212 Å². The van der Waals surface area contributed by atoms with Gasteiger partial charge in [0.2, 0.25) is 5.91 Å². The molecule has 3 aromatic carbocycles. The molecule has 1 aliphatic rings. The Kier molecular flexibility index (Phi) is 8.44. The molecule has 1 fully saturated rings. The van der Waals surface area contributed by atoms with Gasteiger partial charge in [-0.05, 0) is 66.8 Å². The molecule has 1 heterocycles. The number of para-hydroxylation sites is 1. The van der Waals surface area contributed by atoms with Crippen LogP contribution in [0, 0.1) is 5.92 Å². The van der Waals surface area contributed by atoms with E-state index in [9.17, 15) is 9.59 Å². The van der Waals surface area contributed by atoms with Gasteiger partial charge < -0.3 is 25.0 Å². The number of benzene rings is 3. The van der Waals surface area contributed by atoms with E-state index in [-0.39, 0.29) is 23.9 Å². The number of methoxy groups -OCH3 is 2. The van der Waals surface area contributed by atoms with Crippen molar-refractivity contribution in [3.63, 3.8) is 0 Å². The number of nitrogens with zero attached hydrogens (tertiary/aromatic N) is 1. The van der Waals surface area contributed by atoms with Gasteiger partial charge in [0.15, 0.2) is 0 Å². The average molecular weight is 488 g/mol. The first kappa shape index (κ1) is 25.1. The fourth-order valence-corrected chi connectivity index (χ4v) is 4.47. The van der Waals surface area contributed by atoms with E-state index in [2.05, 4.69) is 10.6 Å². The van der Waals surface area contributed by atoms with Crippen molar-refractivity contribution in [3.05, 3.63) is 90.0 Å². The minimum absolute atomic E-state index is 0.0402. The quantitative estimate of drug-likeness (QED) is 0.466. The maximum absolute atomic E-state index is 13.4. The van der Waals surface area contributed by atoms with Crippen LogP contribution in [0.25, 0.3) is 0 Å². The van der Waals surface area contributed by atoms with Crippen LogP contribution in [0.5, 0.6) is 11.5 Å². The predicted molar refractivity (Wildman–Crippen MR) is 140 cm³/mol. The van der Waals surface area contributed by atoms with E-state index >= 15 is 0 Å². The Bertz CT molecular complexity index is 1130. The number of amides is 3. The zero-order valence-electron chi connectivity index (χ0n) is 20.8. The number of ether oxygens (including phenoxy) is 2. The molecular formula is C29H33N3O4. The van der Waals surface area contributed by atoms with Crippen LogP contribution < -0.4 is 20.1 Å². The van der Waals surface area contributed by atoms with Crippen LogP contribution in [0.1, 0.15) is 30.0 Å². The summed E-state index contributed by atoms with van der Waals surface area (Å²) in [6, 6.07) is 24.6. The van der Waals surface area contributed by atoms with Crippen molar-refractivity contribution in [2.24, 2.45) is 5.92 Å². The van der Waals surface area contributed by atoms with Gasteiger partial charge in [0, 0.05) is 18.8 Å². The Balaban J connectivity index is 1.45. The third kappa shape index (κ3) is 6.56. The highest BCUT2D eigenvalue weighted by Crippen LogP contribution is 2.25. The fraction of sp³-hybridized carbons (Fsp3) is 0.310. The number of hydrogen-bond acceptors (Lipinski definition) is 4. The highest BCUT2D eigenvalue weighted by molar-refractivity contribution is 5.90. The number of carbonyl (C=O) groups excluding carboxylic acids is 2. The second-order valence-electron chi connectivity index (χ2n) is 8.97. The van der Waals surface area contributed by atoms with E-state index in [1.165, 1.54) is 0 Å². The van der Waals surface area contributed by atoms with Crippen LogP contribution >= 0.6 is 0 Å². The number of piperidine rings is 1. The minimum Gasteiger partial charge on any atom is -0.497 e. The van der Waals surface area contributed by atoms with Crippen molar-refractivity contribution in [1.29, 1.82) is 0 Å². The first-order valence-electron chi connectivity index (χ1n) is 12.2. The summed E-state index contributed by atoms with van der Waals surface area (Å²) in [5.41, 5.74) is 2.83. The summed E-state index contributed by atoms with van der Waals surface area (Å²) in [4.78, 5) is 27.9. The second-order valence-corrected chi connectivity index (χ2v) is 8.97. The van der Waals surface area contributed by atoms with E-state index in [0.717, 1.165) is 41.2 Å². The molecule has 36 heavy (non-hydrogen) atoms. The van der Waals surface area contributed by atoms with Crippen molar-refractivity contribution in [2.45, 2.75) is 25.3 Å². The summed E-state index contributed by atoms with van der Waals surface area (Å²) in [5, 5.41) is 6.18. The van der Waals surface area contributed by atoms with E-state index in [4.69, 9.17) is 9.47 Å². The normalized spacial score (nSPS) is 16.1. The molecule has 0 aromatic heterocycles. The van der Waals surface area contributed by atoms with Gasteiger partial charge in [-0.1, -0.05) is 42.5 Å². The van der Waals surface area contributed by atoms with E-state index in [1.807, 2.05) is 78.9 Å². The van der Waals surface area contributed by atoms with Gasteiger partial charge in [-0.15, -0.1) is 0 Å². The molecule has 2 atom stereocenters. The number of carbonyl (C=O) groups is 2. The summed E-state index contributed by atoms with van der Waals surface area (Å²) in [6.07, 6.45) is 2.16. The SMILES string of the molecule is COc1ccc(C[C@H](NC(=O)[C@@H]2CCCN(C(=O)Nc3ccccc3)C2)c2ccc(OC)cc2)cc1. The molecule has 188 valence electrons. The topological polar surface area (TPSA) is 79.9 Å². The van der Waals surface area contributed by atoms with Crippen molar-refractivity contribution in [1.82, 2.24) is 10.2 Å². The number of likely N-dealkylation sites (tertiary alicyclic amines) is 1. The molecule has 7 nitrogen and oxygen atoms in total. The zero-order chi connectivity index (χ0) is 25.3. The van der Waals surface area contributed by atoms with Crippen LogP contribution in [0.3, 0.4) is 0 Å². The maximum atomic E-state index is 13.4. The van der Waals surface area contributed by atoms with Crippen LogP contribution in [0.4, 0.5) is 10.5 Å². The van der Waals surface area contributed by atoms with Gasteiger partial charge in [-0.25, -0.2) is 4.79 Å². The Morgan fingerprint density at radius 1 is 0.917 bits per heavy atom. The average Bonchev–Trinajstić information content (AvgIpc) is 2.93. The number of rotatable bonds is 8. The third-order valence-electron chi connectivity index (χ3n) is 6.54. The lowest BCUT2D eigenvalue weighted by atomic mass is 9.94. The van der Waals surface area contributed by atoms with Crippen LogP contribution in [-0.4, -0.2) is 44.1 Å². The zero-order valence-corrected chi connectivity index (χ0v) is 20.8. The number of urea groups is 1.